The highest BCUT2D eigenvalue weighted by Crippen LogP contribution is 2.34. The predicted molar refractivity (Wildman–Crippen MR) is 111 cm³/mol. The van der Waals surface area contributed by atoms with Gasteiger partial charge in [-0.05, 0) is 55.9 Å². The summed E-state index contributed by atoms with van der Waals surface area (Å²) in [5.74, 6) is 1.32. The Bertz CT molecular complexity index is 1000. The van der Waals surface area contributed by atoms with Crippen LogP contribution in [0.4, 0.5) is 5.82 Å². The summed E-state index contributed by atoms with van der Waals surface area (Å²) in [4.78, 5) is 26.3. The van der Waals surface area contributed by atoms with Crippen LogP contribution in [0.2, 0.25) is 0 Å². The number of anilines is 1. The molecule has 0 aromatic carbocycles. The van der Waals surface area contributed by atoms with Gasteiger partial charge in [0.25, 0.3) is 0 Å². The maximum Gasteiger partial charge on any atom is 0.222 e. The van der Waals surface area contributed by atoms with Crippen molar-refractivity contribution in [2.75, 3.05) is 18.0 Å². The summed E-state index contributed by atoms with van der Waals surface area (Å²) in [6, 6.07) is 9.06. The second kappa shape index (κ2) is 7.46. The molecule has 0 N–H and O–H groups in total. The third kappa shape index (κ3) is 3.45. The fourth-order valence-electron chi connectivity index (χ4n) is 4.78. The Morgan fingerprint density at radius 3 is 2.72 bits per heavy atom. The van der Waals surface area contributed by atoms with Gasteiger partial charge in [0.05, 0.1) is 0 Å². The Morgan fingerprint density at radius 1 is 1.14 bits per heavy atom. The van der Waals surface area contributed by atoms with Gasteiger partial charge in [0, 0.05) is 44.0 Å². The van der Waals surface area contributed by atoms with Gasteiger partial charge in [-0.3, -0.25) is 4.79 Å². The van der Waals surface area contributed by atoms with Crippen LogP contribution in [0.1, 0.15) is 36.8 Å². The largest absolute Gasteiger partial charge is 0.347 e. The van der Waals surface area contributed by atoms with Crippen molar-refractivity contribution < 1.29 is 4.79 Å². The number of aryl methyl sites for hydroxylation is 2. The van der Waals surface area contributed by atoms with Crippen LogP contribution in [0.15, 0.2) is 43.0 Å². The molecular formula is C22H26N6O. The van der Waals surface area contributed by atoms with Crippen LogP contribution in [-0.2, 0) is 11.2 Å². The molecule has 2 atom stereocenters. The molecule has 2 fully saturated rings. The number of nitrogens with zero attached hydrogens (tertiary/aromatic N) is 6. The molecule has 3 aromatic rings. The summed E-state index contributed by atoms with van der Waals surface area (Å²) in [7, 11) is 0. The highest BCUT2D eigenvalue weighted by Gasteiger charge is 2.41. The average molecular weight is 390 g/mol. The zero-order valence-corrected chi connectivity index (χ0v) is 16.7. The molecule has 0 aliphatic carbocycles. The number of carbonyl (C=O) groups is 1. The molecule has 150 valence electrons. The van der Waals surface area contributed by atoms with Crippen LogP contribution < -0.4 is 4.90 Å². The second-order valence-corrected chi connectivity index (χ2v) is 8.20. The fraction of sp³-hybridized carbons (Fsp3) is 0.455. The van der Waals surface area contributed by atoms with E-state index in [1.54, 1.807) is 10.8 Å². The first-order chi connectivity index (χ1) is 14.2. The number of likely N-dealkylation sites (tertiary alicyclic amines) is 1. The molecular weight excluding hydrogens is 364 g/mol. The lowest BCUT2D eigenvalue weighted by Gasteiger charge is -2.42. The predicted octanol–water partition coefficient (Wildman–Crippen LogP) is 2.64. The van der Waals surface area contributed by atoms with E-state index in [4.69, 9.17) is 0 Å². The van der Waals surface area contributed by atoms with E-state index in [9.17, 15) is 4.79 Å². The van der Waals surface area contributed by atoms with Gasteiger partial charge >= 0.3 is 0 Å². The number of amides is 1. The van der Waals surface area contributed by atoms with Crippen LogP contribution in [0, 0.1) is 6.92 Å². The smallest absolute Gasteiger partial charge is 0.222 e. The SMILES string of the molecule is Cc1ccc(N2C3CCC2CN(C(=O)CCCc2cccn4ncnc24)C3)nc1. The van der Waals surface area contributed by atoms with E-state index < -0.39 is 0 Å². The van der Waals surface area contributed by atoms with Crippen LogP contribution in [0.25, 0.3) is 5.65 Å². The van der Waals surface area contributed by atoms with Crippen molar-refractivity contribution in [3.8, 4) is 0 Å². The van der Waals surface area contributed by atoms with Crippen molar-refractivity contribution in [1.82, 2.24) is 24.5 Å². The highest BCUT2D eigenvalue weighted by molar-refractivity contribution is 5.77. The first kappa shape index (κ1) is 18.1. The molecule has 7 heteroatoms. The first-order valence-electron chi connectivity index (χ1n) is 10.4. The molecule has 2 bridgehead atoms. The van der Waals surface area contributed by atoms with Gasteiger partial charge in [0.2, 0.25) is 5.91 Å². The zero-order chi connectivity index (χ0) is 19.8. The maximum atomic E-state index is 12.9. The summed E-state index contributed by atoms with van der Waals surface area (Å²) >= 11 is 0. The summed E-state index contributed by atoms with van der Waals surface area (Å²) in [5.41, 5.74) is 3.21. The molecule has 1 amide bonds. The third-order valence-electron chi connectivity index (χ3n) is 6.22. The van der Waals surface area contributed by atoms with Gasteiger partial charge in [-0.15, -0.1) is 0 Å². The van der Waals surface area contributed by atoms with Crippen molar-refractivity contribution >= 4 is 17.4 Å². The molecule has 0 saturated carbocycles. The Hall–Kier alpha value is -2.96. The molecule has 5 heterocycles. The van der Waals surface area contributed by atoms with Crippen LogP contribution in [-0.4, -0.2) is 55.6 Å². The highest BCUT2D eigenvalue weighted by atomic mass is 16.2. The number of piperazine rings is 1. The number of fused-ring (bicyclic) bond motifs is 3. The first-order valence-corrected chi connectivity index (χ1v) is 10.4. The number of rotatable bonds is 5. The van der Waals surface area contributed by atoms with Gasteiger partial charge in [-0.25, -0.2) is 14.5 Å². The van der Waals surface area contributed by atoms with Gasteiger partial charge in [0.15, 0.2) is 5.65 Å². The molecule has 3 aromatic heterocycles. The molecule has 2 unspecified atom stereocenters. The van der Waals surface area contributed by atoms with E-state index in [0.29, 0.717) is 18.5 Å². The summed E-state index contributed by atoms with van der Waals surface area (Å²) < 4.78 is 1.78. The monoisotopic (exact) mass is 390 g/mol. The van der Waals surface area contributed by atoms with Crippen molar-refractivity contribution in [2.24, 2.45) is 0 Å². The molecule has 2 aliphatic heterocycles. The normalized spacial score (nSPS) is 21.1. The lowest BCUT2D eigenvalue weighted by molar-refractivity contribution is -0.132. The van der Waals surface area contributed by atoms with Gasteiger partial charge in [-0.1, -0.05) is 12.1 Å². The number of carbonyl (C=O) groups excluding carboxylic acids is 1. The maximum absolute atomic E-state index is 12.9. The minimum atomic E-state index is 0.270. The number of hydrogen-bond acceptors (Lipinski definition) is 5. The van der Waals surface area contributed by atoms with E-state index in [-0.39, 0.29) is 5.91 Å². The second-order valence-electron chi connectivity index (χ2n) is 8.20. The average Bonchev–Trinajstić information content (AvgIpc) is 3.31. The van der Waals surface area contributed by atoms with Gasteiger partial charge in [-0.2, -0.15) is 5.10 Å². The van der Waals surface area contributed by atoms with Crippen LogP contribution in [0.5, 0.6) is 0 Å². The molecule has 2 aliphatic rings. The van der Waals surface area contributed by atoms with Gasteiger partial charge in [0.1, 0.15) is 12.1 Å². The molecule has 5 rings (SSSR count). The van der Waals surface area contributed by atoms with Crippen molar-refractivity contribution in [3.05, 3.63) is 54.1 Å². The summed E-state index contributed by atoms with van der Waals surface area (Å²) in [6.07, 6.45) is 9.93. The lowest BCUT2D eigenvalue weighted by atomic mass is 10.1. The Kier molecular flexibility index (Phi) is 4.66. The standard InChI is InChI=1S/C22H26N6O/c1-16-7-10-20(23-12-16)28-18-8-9-19(28)14-26(13-18)21(29)6-2-4-17-5-3-11-27-22(17)24-15-25-27/h3,5,7,10-12,15,18-19H,2,4,6,8-9,13-14H2,1H3. The summed E-state index contributed by atoms with van der Waals surface area (Å²) in [6.45, 7) is 3.68. The molecule has 7 nitrogen and oxygen atoms in total. The Morgan fingerprint density at radius 2 is 1.97 bits per heavy atom. The van der Waals surface area contributed by atoms with Crippen molar-refractivity contribution in [1.29, 1.82) is 0 Å². The van der Waals surface area contributed by atoms with E-state index in [1.807, 2.05) is 18.5 Å². The minimum absolute atomic E-state index is 0.270. The Labute approximate surface area is 170 Å². The zero-order valence-electron chi connectivity index (χ0n) is 16.7. The molecule has 2 saturated heterocycles. The number of aromatic nitrogens is 4. The molecule has 0 radical (unpaired) electrons. The van der Waals surface area contributed by atoms with E-state index in [2.05, 4.69) is 50.0 Å². The molecule has 29 heavy (non-hydrogen) atoms. The topological polar surface area (TPSA) is 66.6 Å². The van der Waals surface area contributed by atoms with Crippen LogP contribution in [0.3, 0.4) is 0 Å². The van der Waals surface area contributed by atoms with Gasteiger partial charge < -0.3 is 9.80 Å². The minimum Gasteiger partial charge on any atom is -0.347 e. The molecule has 0 spiro atoms. The Balaban J connectivity index is 1.19. The van der Waals surface area contributed by atoms with E-state index >= 15 is 0 Å². The van der Waals surface area contributed by atoms with E-state index in [1.165, 1.54) is 5.56 Å². The quantitative estimate of drug-likeness (QED) is 0.670. The number of pyridine rings is 2. The summed E-state index contributed by atoms with van der Waals surface area (Å²) in [5, 5.41) is 4.18. The number of hydrogen-bond donors (Lipinski definition) is 0. The third-order valence-corrected chi connectivity index (χ3v) is 6.22. The van der Waals surface area contributed by atoms with E-state index in [0.717, 1.165) is 55.8 Å². The lowest BCUT2D eigenvalue weighted by Crippen LogP contribution is -2.55. The van der Waals surface area contributed by atoms with Crippen molar-refractivity contribution in [3.63, 3.8) is 0 Å². The van der Waals surface area contributed by atoms with Crippen molar-refractivity contribution in [2.45, 2.75) is 51.1 Å². The fourth-order valence-corrected chi connectivity index (χ4v) is 4.78. The van der Waals surface area contributed by atoms with Crippen LogP contribution >= 0.6 is 0 Å².